The van der Waals surface area contributed by atoms with E-state index in [4.69, 9.17) is 9.47 Å². The minimum Gasteiger partial charge on any atom is -0.508 e. The van der Waals surface area contributed by atoms with Crippen molar-refractivity contribution in [1.82, 2.24) is 9.80 Å². The van der Waals surface area contributed by atoms with Crippen LogP contribution >= 0.6 is 0 Å². The van der Waals surface area contributed by atoms with Gasteiger partial charge < -0.3 is 19.5 Å². The van der Waals surface area contributed by atoms with Crippen molar-refractivity contribution in [3.05, 3.63) is 78.4 Å². The maximum absolute atomic E-state index is 13.2. The minimum atomic E-state index is -0.732. The number of carbonyl (C=O) groups is 2. The standard InChI is InChI=1S/C31H38N2O5/c1-5-17-33-18-16-30(25-9-7-11-28(20-25)37-4)21-26(14-15-31(30,22-33)38-23(2)34)32(3)29(36)13-12-24-8-6-10-27(35)19-24/h5-13,19-20,26,35H,1,14-18,21-22H2,2-4H3/b13-12+. The number of hydrogen-bond acceptors (Lipinski definition) is 6. The summed E-state index contributed by atoms with van der Waals surface area (Å²) in [6.07, 6.45) is 7.94. The summed E-state index contributed by atoms with van der Waals surface area (Å²) >= 11 is 0. The van der Waals surface area contributed by atoms with Gasteiger partial charge in [0.2, 0.25) is 5.91 Å². The SMILES string of the molecule is C=CCN1CCC2(c3cccc(OC)c3)CC(N(C)C(=O)/C=C/c3cccc(O)c3)CCC2(OC(C)=O)C1. The predicted octanol–water partition coefficient (Wildman–Crippen LogP) is 4.56. The predicted molar refractivity (Wildman–Crippen MR) is 148 cm³/mol. The molecule has 3 atom stereocenters. The van der Waals surface area contributed by atoms with Crippen LogP contribution in [0, 0.1) is 0 Å². The van der Waals surface area contributed by atoms with Gasteiger partial charge in [0.1, 0.15) is 17.1 Å². The lowest BCUT2D eigenvalue weighted by molar-refractivity contribution is -0.189. The molecule has 0 bridgehead atoms. The van der Waals surface area contributed by atoms with Gasteiger partial charge in [0.25, 0.3) is 0 Å². The number of carbonyl (C=O) groups excluding carboxylic acids is 2. The molecule has 2 aromatic carbocycles. The largest absolute Gasteiger partial charge is 0.508 e. The molecule has 3 unspecified atom stereocenters. The molecule has 0 spiro atoms. The van der Waals surface area contributed by atoms with Crippen LogP contribution in [0.15, 0.2) is 67.3 Å². The quantitative estimate of drug-likeness (QED) is 0.314. The van der Waals surface area contributed by atoms with Crippen LogP contribution in [0.3, 0.4) is 0 Å². The third-order valence-corrected chi connectivity index (χ3v) is 8.20. The van der Waals surface area contributed by atoms with E-state index in [-0.39, 0.29) is 23.7 Å². The van der Waals surface area contributed by atoms with Crippen molar-refractivity contribution in [2.24, 2.45) is 0 Å². The molecule has 2 fully saturated rings. The number of nitrogens with zero attached hydrogens (tertiary/aromatic N) is 2. The van der Waals surface area contributed by atoms with Crippen LogP contribution in [0.1, 0.15) is 43.7 Å². The Morgan fingerprint density at radius 3 is 2.71 bits per heavy atom. The summed E-state index contributed by atoms with van der Waals surface area (Å²) in [6.45, 7) is 7.54. The Morgan fingerprint density at radius 1 is 1.21 bits per heavy atom. The van der Waals surface area contributed by atoms with Gasteiger partial charge in [-0.3, -0.25) is 14.5 Å². The first-order chi connectivity index (χ1) is 18.2. The monoisotopic (exact) mass is 518 g/mol. The highest BCUT2D eigenvalue weighted by Gasteiger charge is 2.61. The smallest absolute Gasteiger partial charge is 0.303 e. The lowest BCUT2D eigenvalue weighted by atomic mass is 9.55. The van der Waals surface area contributed by atoms with Gasteiger partial charge in [-0.05, 0) is 73.7 Å². The highest BCUT2D eigenvalue weighted by Crippen LogP contribution is 2.54. The van der Waals surface area contributed by atoms with Crippen molar-refractivity contribution in [1.29, 1.82) is 0 Å². The zero-order valence-corrected chi connectivity index (χ0v) is 22.6. The Balaban J connectivity index is 1.69. The fourth-order valence-electron chi connectivity index (χ4n) is 6.34. The Hall–Kier alpha value is -3.58. The summed E-state index contributed by atoms with van der Waals surface area (Å²) in [5.74, 6) is 0.505. The number of rotatable bonds is 8. The molecule has 1 saturated heterocycles. The van der Waals surface area contributed by atoms with Crippen LogP contribution in [0.2, 0.25) is 0 Å². The molecule has 0 aromatic heterocycles. The molecule has 1 heterocycles. The van der Waals surface area contributed by atoms with Crippen LogP contribution in [0.25, 0.3) is 6.08 Å². The molecule has 4 rings (SSSR count). The van der Waals surface area contributed by atoms with Crippen LogP contribution in [-0.4, -0.2) is 72.2 Å². The normalized spacial score (nSPS) is 25.4. The number of esters is 1. The Labute approximate surface area is 225 Å². The number of hydrogen-bond donors (Lipinski definition) is 1. The van der Waals surface area contributed by atoms with Gasteiger partial charge >= 0.3 is 5.97 Å². The number of amides is 1. The maximum Gasteiger partial charge on any atom is 0.303 e. The maximum atomic E-state index is 13.2. The van der Waals surface area contributed by atoms with Crippen molar-refractivity contribution in [2.75, 3.05) is 33.8 Å². The van der Waals surface area contributed by atoms with Crippen LogP contribution in [0.5, 0.6) is 11.5 Å². The van der Waals surface area contributed by atoms with Gasteiger partial charge in [0, 0.05) is 44.6 Å². The number of piperidine rings is 1. The first-order valence-corrected chi connectivity index (χ1v) is 13.1. The third-order valence-electron chi connectivity index (χ3n) is 8.20. The molecule has 2 aliphatic rings. The molecule has 1 N–H and O–H groups in total. The van der Waals surface area contributed by atoms with E-state index in [0.29, 0.717) is 25.8 Å². The van der Waals surface area contributed by atoms with Crippen molar-refractivity contribution in [3.8, 4) is 11.5 Å². The summed E-state index contributed by atoms with van der Waals surface area (Å²) in [6, 6.07) is 14.8. The van der Waals surface area contributed by atoms with Crippen LogP contribution < -0.4 is 4.74 Å². The van der Waals surface area contributed by atoms with E-state index in [1.54, 1.807) is 42.4 Å². The molecular formula is C31H38N2O5. The molecular weight excluding hydrogens is 480 g/mol. The lowest BCUT2D eigenvalue weighted by Crippen LogP contribution is -2.68. The first kappa shape index (κ1) is 27.5. The zero-order valence-electron chi connectivity index (χ0n) is 22.6. The molecule has 1 aliphatic heterocycles. The highest BCUT2D eigenvalue weighted by atomic mass is 16.6. The summed E-state index contributed by atoms with van der Waals surface area (Å²) in [5, 5.41) is 9.73. The van der Waals surface area contributed by atoms with E-state index < -0.39 is 11.0 Å². The lowest BCUT2D eigenvalue weighted by Gasteiger charge is -2.60. The van der Waals surface area contributed by atoms with Gasteiger partial charge in [-0.2, -0.15) is 0 Å². The molecule has 202 valence electrons. The van der Waals surface area contributed by atoms with Crippen molar-refractivity contribution >= 4 is 18.0 Å². The van der Waals surface area contributed by atoms with Crippen molar-refractivity contribution in [3.63, 3.8) is 0 Å². The number of likely N-dealkylation sites (tertiary alicyclic amines) is 1. The number of phenolic OH excluding ortho intramolecular Hbond substituents is 1. The van der Waals surface area contributed by atoms with Crippen LogP contribution in [0.4, 0.5) is 0 Å². The fourth-order valence-corrected chi connectivity index (χ4v) is 6.34. The summed E-state index contributed by atoms with van der Waals surface area (Å²) in [7, 11) is 3.49. The molecule has 7 heteroatoms. The first-order valence-electron chi connectivity index (χ1n) is 13.1. The van der Waals surface area contributed by atoms with Gasteiger partial charge in [-0.1, -0.05) is 30.3 Å². The Bertz CT molecular complexity index is 1210. The molecule has 7 nitrogen and oxygen atoms in total. The zero-order chi connectivity index (χ0) is 27.3. The van der Waals surface area contributed by atoms with Gasteiger partial charge in [0.05, 0.1) is 7.11 Å². The Morgan fingerprint density at radius 2 is 2.00 bits per heavy atom. The molecule has 0 radical (unpaired) electrons. The third kappa shape index (κ3) is 5.48. The average Bonchev–Trinajstić information content (AvgIpc) is 2.90. The summed E-state index contributed by atoms with van der Waals surface area (Å²) < 4.78 is 11.9. The van der Waals surface area contributed by atoms with Gasteiger partial charge in [-0.25, -0.2) is 0 Å². The Kier molecular flexibility index (Phi) is 8.26. The van der Waals surface area contributed by atoms with E-state index in [0.717, 1.165) is 36.4 Å². The van der Waals surface area contributed by atoms with Gasteiger partial charge in [-0.15, -0.1) is 6.58 Å². The van der Waals surface area contributed by atoms with Crippen molar-refractivity contribution in [2.45, 2.75) is 49.7 Å². The number of benzene rings is 2. The van der Waals surface area contributed by atoms with Crippen molar-refractivity contribution < 1.29 is 24.2 Å². The van der Waals surface area contributed by atoms with E-state index in [2.05, 4.69) is 17.5 Å². The minimum absolute atomic E-state index is 0.0443. The second kappa shape index (κ2) is 11.4. The fraction of sp³-hybridized carbons (Fsp3) is 0.419. The molecule has 2 aromatic rings. The second-order valence-corrected chi connectivity index (χ2v) is 10.4. The number of aromatic hydroxyl groups is 1. The number of methoxy groups -OCH3 is 1. The summed E-state index contributed by atoms with van der Waals surface area (Å²) in [5.41, 5.74) is 0.602. The van der Waals surface area contributed by atoms with E-state index in [1.165, 1.54) is 6.92 Å². The molecule has 1 saturated carbocycles. The molecule has 1 aliphatic carbocycles. The average molecular weight is 519 g/mol. The van der Waals surface area contributed by atoms with E-state index in [1.807, 2.05) is 37.4 Å². The van der Waals surface area contributed by atoms with Gasteiger partial charge in [0.15, 0.2) is 0 Å². The van der Waals surface area contributed by atoms with Crippen LogP contribution in [-0.2, 0) is 19.7 Å². The second-order valence-electron chi connectivity index (χ2n) is 10.4. The molecule has 1 amide bonds. The highest BCUT2D eigenvalue weighted by molar-refractivity contribution is 5.91. The number of likely N-dealkylation sites (N-methyl/N-ethyl adjacent to an activating group) is 1. The topological polar surface area (TPSA) is 79.3 Å². The van der Waals surface area contributed by atoms with E-state index in [9.17, 15) is 14.7 Å². The van der Waals surface area contributed by atoms with E-state index >= 15 is 0 Å². The number of phenols is 1. The number of fused-ring (bicyclic) bond motifs is 1. The number of ether oxygens (including phenoxy) is 2. The summed E-state index contributed by atoms with van der Waals surface area (Å²) in [4.78, 5) is 29.9. The molecule has 38 heavy (non-hydrogen) atoms.